The quantitative estimate of drug-likeness (QED) is 0.181. The lowest BCUT2D eigenvalue weighted by atomic mass is 9.93. The maximum atomic E-state index is 13.4. The van der Waals surface area contributed by atoms with E-state index in [0.717, 1.165) is 66.2 Å². The van der Waals surface area contributed by atoms with Crippen LogP contribution in [0.25, 0.3) is 28.4 Å². The molecule has 0 aliphatic heterocycles. The molecule has 5 rings (SSSR count). The standard InChI is InChI=1S/C34H33F3N4O4/c1-33(2,32(45)39-24-13-8-20(9-14-24)10-17-28(42)43)40-31(44)22-11-15-25-27(18-22)41(3)30(29(25)21-6-4-5-7-21)26-16-12-23(19-38-26)34(35,36)37/h8-19,21H,4-7H2,1-3H3,(H,39,45)(H,40,44)(H,42,43)/b17-10+. The smallest absolute Gasteiger partial charge is 0.417 e. The van der Waals surface area contributed by atoms with Crippen molar-refractivity contribution in [3.8, 4) is 11.4 Å². The van der Waals surface area contributed by atoms with Gasteiger partial charge in [0.15, 0.2) is 0 Å². The zero-order valence-electron chi connectivity index (χ0n) is 25.0. The van der Waals surface area contributed by atoms with Gasteiger partial charge >= 0.3 is 12.1 Å². The van der Waals surface area contributed by atoms with Crippen molar-refractivity contribution in [1.82, 2.24) is 14.9 Å². The molecule has 1 aliphatic rings. The van der Waals surface area contributed by atoms with Gasteiger partial charge in [-0.25, -0.2) is 4.79 Å². The number of halogens is 3. The Bertz CT molecular complexity index is 1780. The van der Waals surface area contributed by atoms with Gasteiger partial charge in [0.2, 0.25) is 5.91 Å². The molecule has 0 bridgehead atoms. The Labute approximate surface area is 258 Å². The third kappa shape index (κ3) is 6.77. The number of alkyl halides is 3. The molecule has 234 valence electrons. The van der Waals surface area contributed by atoms with E-state index < -0.39 is 35.1 Å². The number of carboxylic acid groups (broad SMARTS) is 1. The summed E-state index contributed by atoms with van der Waals surface area (Å²) in [6, 6.07) is 14.3. The first-order valence-corrected chi connectivity index (χ1v) is 14.6. The number of benzene rings is 2. The summed E-state index contributed by atoms with van der Waals surface area (Å²) in [5.41, 5.74) is 2.24. The van der Waals surface area contributed by atoms with Crippen LogP contribution in [-0.4, -0.2) is 38.0 Å². The SMILES string of the molecule is Cn1c(-c2ccc(C(F)(F)F)cn2)c(C2CCCC2)c2ccc(C(=O)NC(C)(C)C(=O)Nc3ccc(/C=C/C(=O)O)cc3)cc21. The summed E-state index contributed by atoms with van der Waals surface area (Å²) in [5, 5.41) is 15.3. The number of anilines is 1. The van der Waals surface area contributed by atoms with Crippen LogP contribution in [0.15, 0.2) is 66.9 Å². The number of nitrogens with one attached hydrogen (secondary N) is 2. The van der Waals surface area contributed by atoms with Crippen molar-refractivity contribution >= 4 is 40.4 Å². The summed E-state index contributed by atoms with van der Waals surface area (Å²) in [5.74, 6) is -1.77. The van der Waals surface area contributed by atoms with E-state index in [1.807, 2.05) is 17.7 Å². The molecule has 2 amide bonds. The molecule has 2 aromatic heterocycles. The van der Waals surface area contributed by atoms with Crippen LogP contribution in [0, 0.1) is 0 Å². The van der Waals surface area contributed by atoms with E-state index in [1.54, 1.807) is 50.2 Å². The van der Waals surface area contributed by atoms with Gasteiger partial charge in [-0.3, -0.25) is 14.6 Å². The fourth-order valence-electron chi connectivity index (χ4n) is 5.79. The summed E-state index contributed by atoms with van der Waals surface area (Å²) >= 11 is 0. The van der Waals surface area contributed by atoms with Gasteiger partial charge in [0.25, 0.3) is 5.91 Å². The van der Waals surface area contributed by atoms with Gasteiger partial charge in [0.1, 0.15) is 5.54 Å². The van der Waals surface area contributed by atoms with Crippen molar-refractivity contribution in [2.24, 2.45) is 7.05 Å². The Morgan fingerprint density at radius 1 is 1.00 bits per heavy atom. The van der Waals surface area contributed by atoms with E-state index in [1.165, 1.54) is 12.1 Å². The van der Waals surface area contributed by atoms with E-state index in [2.05, 4.69) is 15.6 Å². The predicted octanol–water partition coefficient (Wildman–Crippen LogP) is 7.16. The Morgan fingerprint density at radius 3 is 2.29 bits per heavy atom. The van der Waals surface area contributed by atoms with Crippen molar-refractivity contribution in [2.75, 3.05) is 5.32 Å². The molecule has 1 fully saturated rings. The summed E-state index contributed by atoms with van der Waals surface area (Å²) < 4.78 is 41.6. The molecule has 8 nitrogen and oxygen atoms in total. The average Bonchev–Trinajstić information content (AvgIpc) is 3.62. The molecule has 1 aliphatic carbocycles. The highest BCUT2D eigenvalue weighted by Crippen LogP contribution is 2.44. The van der Waals surface area contributed by atoms with Crippen LogP contribution in [-0.2, 0) is 22.8 Å². The van der Waals surface area contributed by atoms with Gasteiger partial charge in [0, 0.05) is 41.5 Å². The fourth-order valence-corrected chi connectivity index (χ4v) is 5.79. The molecule has 11 heteroatoms. The van der Waals surface area contributed by atoms with Crippen molar-refractivity contribution in [2.45, 2.75) is 57.2 Å². The average molecular weight is 619 g/mol. The number of carboxylic acids is 1. The van der Waals surface area contributed by atoms with Gasteiger partial charge in [0.05, 0.1) is 17.0 Å². The molecule has 1 saturated carbocycles. The topological polar surface area (TPSA) is 113 Å². The maximum absolute atomic E-state index is 13.4. The molecular formula is C34H33F3N4O4. The summed E-state index contributed by atoms with van der Waals surface area (Å²) in [6.45, 7) is 3.16. The second kappa shape index (κ2) is 12.2. The third-order valence-corrected chi connectivity index (χ3v) is 8.18. The van der Waals surface area contributed by atoms with Gasteiger partial charge < -0.3 is 20.3 Å². The fraction of sp³-hybridized carbons (Fsp3) is 0.294. The number of hydrogen-bond acceptors (Lipinski definition) is 4. The van der Waals surface area contributed by atoms with Crippen LogP contribution in [0.1, 0.15) is 72.5 Å². The number of fused-ring (bicyclic) bond motifs is 1. The number of nitrogens with zero attached hydrogens (tertiary/aromatic N) is 2. The molecule has 0 unspecified atom stereocenters. The van der Waals surface area contributed by atoms with Crippen LogP contribution in [0.4, 0.5) is 18.9 Å². The number of carbonyl (C=O) groups is 3. The third-order valence-electron chi connectivity index (χ3n) is 8.18. The largest absolute Gasteiger partial charge is 0.478 e. The first kappa shape index (κ1) is 31.5. The zero-order valence-corrected chi connectivity index (χ0v) is 25.0. The van der Waals surface area contributed by atoms with Gasteiger partial charge in [-0.15, -0.1) is 0 Å². The Balaban J connectivity index is 1.40. The van der Waals surface area contributed by atoms with Crippen LogP contribution < -0.4 is 10.6 Å². The number of rotatable bonds is 8. The predicted molar refractivity (Wildman–Crippen MR) is 166 cm³/mol. The summed E-state index contributed by atoms with van der Waals surface area (Å²) in [6.07, 6.45) is 2.84. The van der Waals surface area contributed by atoms with E-state index in [0.29, 0.717) is 22.5 Å². The normalized spacial score (nSPS) is 14.3. The minimum Gasteiger partial charge on any atom is -0.478 e. The molecule has 0 saturated heterocycles. The van der Waals surface area contributed by atoms with Gasteiger partial charge in [-0.1, -0.05) is 31.0 Å². The number of aliphatic carboxylic acids is 1. The highest BCUT2D eigenvalue weighted by molar-refractivity contribution is 6.05. The first-order valence-electron chi connectivity index (χ1n) is 14.6. The minimum atomic E-state index is -4.49. The van der Waals surface area contributed by atoms with Crippen molar-refractivity contribution in [1.29, 1.82) is 0 Å². The second-order valence-electron chi connectivity index (χ2n) is 11.8. The second-order valence-corrected chi connectivity index (χ2v) is 11.8. The van der Waals surface area contributed by atoms with E-state index in [-0.39, 0.29) is 5.92 Å². The minimum absolute atomic E-state index is 0.220. The van der Waals surface area contributed by atoms with E-state index in [9.17, 15) is 27.6 Å². The number of carbonyl (C=O) groups excluding carboxylic acids is 2. The van der Waals surface area contributed by atoms with E-state index in [4.69, 9.17) is 5.11 Å². The lowest BCUT2D eigenvalue weighted by Gasteiger charge is -2.25. The molecule has 45 heavy (non-hydrogen) atoms. The number of aryl methyl sites for hydroxylation is 1. The van der Waals surface area contributed by atoms with Gasteiger partial charge in [-0.05, 0) is 86.2 Å². The molecule has 3 N–H and O–H groups in total. The van der Waals surface area contributed by atoms with Crippen LogP contribution in [0.5, 0.6) is 0 Å². The van der Waals surface area contributed by atoms with Crippen LogP contribution in [0.3, 0.4) is 0 Å². The number of aromatic nitrogens is 2. The van der Waals surface area contributed by atoms with Gasteiger partial charge in [-0.2, -0.15) is 13.2 Å². The van der Waals surface area contributed by atoms with Crippen LogP contribution >= 0.6 is 0 Å². The number of hydrogen-bond donors (Lipinski definition) is 3. The molecule has 0 radical (unpaired) electrons. The molecule has 2 heterocycles. The van der Waals surface area contributed by atoms with Crippen LogP contribution in [0.2, 0.25) is 0 Å². The molecule has 0 spiro atoms. The highest BCUT2D eigenvalue weighted by atomic mass is 19.4. The summed E-state index contributed by atoms with van der Waals surface area (Å²) in [4.78, 5) is 41.4. The molecular weight excluding hydrogens is 585 g/mol. The number of amides is 2. The molecule has 0 atom stereocenters. The first-order chi connectivity index (χ1) is 21.2. The van der Waals surface area contributed by atoms with E-state index >= 15 is 0 Å². The summed E-state index contributed by atoms with van der Waals surface area (Å²) in [7, 11) is 1.82. The lowest BCUT2D eigenvalue weighted by molar-refractivity contribution is -0.138. The zero-order chi connectivity index (χ0) is 32.5. The van der Waals surface area contributed by atoms with Crippen molar-refractivity contribution in [3.05, 3.63) is 89.1 Å². The lowest BCUT2D eigenvalue weighted by Crippen LogP contribution is -2.52. The maximum Gasteiger partial charge on any atom is 0.417 e. The molecule has 2 aromatic carbocycles. The van der Waals surface area contributed by atoms with Crippen molar-refractivity contribution in [3.63, 3.8) is 0 Å². The monoisotopic (exact) mass is 618 g/mol. The molecule has 4 aromatic rings. The highest BCUT2D eigenvalue weighted by Gasteiger charge is 2.33. The Hall–Kier alpha value is -4.93. The Kier molecular flexibility index (Phi) is 8.55. The Morgan fingerprint density at radius 2 is 1.69 bits per heavy atom. The van der Waals surface area contributed by atoms with Crippen molar-refractivity contribution < 1.29 is 32.7 Å². The number of pyridine rings is 1.